The Kier molecular flexibility index (Phi) is 3.57. The highest BCUT2D eigenvalue weighted by atomic mass is 19.4. The molecule has 0 saturated heterocycles. The molecule has 21 heavy (non-hydrogen) atoms. The number of pyridine rings is 1. The van der Waals surface area contributed by atoms with Crippen molar-refractivity contribution >= 4 is 5.69 Å². The number of halogens is 3. The Morgan fingerprint density at radius 2 is 2.05 bits per heavy atom. The summed E-state index contributed by atoms with van der Waals surface area (Å²) in [5, 5.41) is 3.30. The minimum absolute atomic E-state index is 0.216. The van der Waals surface area contributed by atoms with Gasteiger partial charge in [-0.25, -0.2) is 0 Å². The molecular weight excluding hydrogens is 277 g/mol. The highest BCUT2D eigenvalue weighted by Gasteiger charge is 2.33. The third-order valence-corrected chi connectivity index (χ3v) is 3.71. The van der Waals surface area contributed by atoms with Crippen LogP contribution >= 0.6 is 0 Å². The van der Waals surface area contributed by atoms with Crippen LogP contribution in [0.3, 0.4) is 0 Å². The number of rotatable bonds is 2. The standard InChI is InChI=1S/C16H15F3N2/c17-16(18,19)14-5-7-20-10-13(14)9-11-3-4-15-12(8-11)2-1-6-21-15/h3-5,7-8,10,21H,1-2,6,9H2. The van der Waals surface area contributed by atoms with E-state index >= 15 is 0 Å². The van der Waals surface area contributed by atoms with Gasteiger partial charge >= 0.3 is 6.18 Å². The molecule has 0 atom stereocenters. The molecule has 0 fully saturated rings. The van der Waals surface area contributed by atoms with Gasteiger partial charge in [0.25, 0.3) is 0 Å². The van der Waals surface area contributed by atoms with Crippen LogP contribution in [0, 0.1) is 0 Å². The van der Waals surface area contributed by atoms with Gasteiger partial charge in [0.05, 0.1) is 5.56 Å². The van der Waals surface area contributed by atoms with Crippen LogP contribution in [-0.2, 0) is 19.0 Å². The van der Waals surface area contributed by atoms with Crippen LogP contribution in [0.25, 0.3) is 0 Å². The fraction of sp³-hybridized carbons (Fsp3) is 0.312. The van der Waals surface area contributed by atoms with E-state index in [0.29, 0.717) is 0 Å². The maximum atomic E-state index is 13.0. The molecule has 0 bridgehead atoms. The van der Waals surface area contributed by atoms with Crippen molar-refractivity contribution in [1.82, 2.24) is 4.98 Å². The van der Waals surface area contributed by atoms with Gasteiger partial charge in [-0.2, -0.15) is 13.2 Å². The van der Waals surface area contributed by atoms with E-state index in [1.54, 1.807) is 0 Å². The van der Waals surface area contributed by atoms with Crippen LogP contribution in [0.1, 0.15) is 28.7 Å². The van der Waals surface area contributed by atoms with Crippen LogP contribution in [-0.4, -0.2) is 11.5 Å². The average molecular weight is 292 g/mol. The molecule has 0 radical (unpaired) electrons. The second-order valence-corrected chi connectivity index (χ2v) is 5.23. The molecule has 1 aliphatic heterocycles. The van der Waals surface area contributed by atoms with E-state index < -0.39 is 11.7 Å². The Morgan fingerprint density at radius 3 is 2.86 bits per heavy atom. The molecule has 0 amide bonds. The number of anilines is 1. The number of alkyl halides is 3. The van der Waals surface area contributed by atoms with Crippen LogP contribution in [0.5, 0.6) is 0 Å². The molecule has 0 saturated carbocycles. The number of hydrogen-bond acceptors (Lipinski definition) is 2. The van der Waals surface area contributed by atoms with E-state index in [-0.39, 0.29) is 12.0 Å². The monoisotopic (exact) mass is 292 g/mol. The predicted molar refractivity (Wildman–Crippen MR) is 75.3 cm³/mol. The Labute approximate surface area is 121 Å². The molecule has 0 spiro atoms. The van der Waals surface area contributed by atoms with Gasteiger partial charge in [0, 0.05) is 24.6 Å². The molecule has 110 valence electrons. The first-order valence-electron chi connectivity index (χ1n) is 6.90. The molecule has 1 aromatic carbocycles. The third kappa shape index (κ3) is 3.01. The van der Waals surface area contributed by atoms with Crippen molar-refractivity contribution in [1.29, 1.82) is 0 Å². The number of aryl methyl sites for hydroxylation is 1. The first kappa shape index (κ1) is 13.9. The Balaban J connectivity index is 1.91. The molecule has 1 aliphatic rings. The fourth-order valence-electron chi connectivity index (χ4n) is 2.70. The Bertz CT molecular complexity index is 650. The Morgan fingerprint density at radius 1 is 1.19 bits per heavy atom. The summed E-state index contributed by atoms with van der Waals surface area (Å²) in [6.45, 7) is 0.952. The highest BCUT2D eigenvalue weighted by molar-refractivity contribution is 5.55. The van der Waals surface area contributed by atoms with Crippen molar-refractivity contribution in [3.05, 3.63) is 58.9 Å². The van der Waals surface area contributed by atoms with Gasteiger partial charge in [-0.1, -0.05) is 12.1 Å². The zero-order chi connectivity index (χ0) is 14.9. The molecule has 2 aromatic rings. The molecule has 2 heterocycles. The topological polar surface area (TPSA) is 24.9 Å². The second-order valence-electron chi connectivity index (χ2n) is 5.23. The summed E-state index contributed by atoms with van der Waals surface area (Å²) in [7, 11) is 0. The van der Waals surface area contributed by atoms with Crippen molar-refractivity contribution < 1.29 is 13.2 Å². The quantitative estimate of drug-likeness (QED) is 0.903. The van der Waals surface area contributed by atoms with Crippen molar-refractivity contribution in [3.8, 4) is 0 Å². The lowest BCUT2D eigenvalue weighted by Gasteiger charge is -2.19. The van der Waals surface area contributed by atoms with Crippen molar-refractivity contribution in [3.63, 3.8) is 0 Å². The van der Waals surface area contributed by atoms with Gasteiger partial charge in [0.15, 0.2) is 0 Å². The molecular formula is C16H15F3N2. The normalized spacial score (nSPS) is 14.4. The van der Waals surface area contributed by atoms with Crippen LogP contribution in [0.4, 0.5) is 18.9 Å². The zero-order valence-corrected chi connectivity index (χ0v) is 11.4. The minimum atomic E-state index is -4.34. The summed E-state index contributed by atoms with van der Waals surface area (Å²) in [5.41, 5.74) is 2.77. The van der Waals surface area contributed by atoms with E-state index in [4.69, 9.17) is 0 Å². The Hall–Kier alpha value is -2.04. The summed E-state index contributed by atoms with van der Waals surface area (Å²) >= 11 is 0. The number of nitrogens with zero attached hydrogens (tertiary/aromatic N) is 1. The van der Waals surface area contributed by atoms with Gasteiger partial charge in [0.2, 0.25) is 0 Å². The molecule has 2 nitrogen and oxygen atoms in total. The van der Waals surface area contributed by atoms with Gasteiger partial charge in [-0.15, -0.1) is 0 Å². The van der Waals surface area contributed by atoms with Crippen LogP contribution in [0.2, 0.25) is 0 Å². The molecule has 3 rings (SSSR count). The predicted octanol–water partition coefficient (Wildman–Crippen LogP) is 4.05. The zero-order valence-electron chi connectivity index (χ0n) is 11.4. The summed E-state index contributed by atoms with van der Waals surface area (Å²) in [6, 6.07) is 6.86. The van der Waals surface area contributed by atoms with Crippen LogP contribution in [0.15, 0.2) is 36.7 Å². The smallest absolute Gasteiger partial charge is 0.385 e. The van der Waals surface area contributed by atoms with E-state index in [1.807, 2.05) is 18.2 Å². The van der Waals surface area contributed by atoms with Crippen molar-refractivity contribution in [2.24, 2.45) is 0 Å². The van der Waals surface area contributed by atoms with Crippen molar-refractivity contribution in [2.75, 3.05) is 11.9 Å². The molecule has 0 unspecified atom stereocenters. The van der Waals surface area contributed by atoms with Gasteiger partial charge in [-0.05, 0) is 48.1 Å². The summed E-state index contributed by atoms with van der Waals surface area (Å²) < 4.78 is 39.0. The number of aromatic nitrogens is 1. The summed E-state index contributed by atoms with van der Waals surface area (Å²) in [5.74, 6) is 0. The molecule has 1 N–H and O–H groups in total. The lowest BCUT2D eigenvalue weighted by Crippen LogP contribution is -2.12. The maximum absolute atomic E-state index is 13.0. The van der Waals surface area contributed by atoms with E-state index in [1.165, 1.54) is 18.0 Å². The minimum Gasteiger partial charge on any atom is -0.385 e. The van der Waals surface area contributed by atoms with E-state index in [0.717, 1.165) is 36.7 Å². The summed E-state index contributed by atoms with van der Waals surface area (Å²) in [4.78, 5) is 3.83. The number of fused-ring (bicyclic) bond motifs is 1. The van der Waals surface area contributed by atoms with Crippen molar-refractivity contribution in [2.45, 2.75) is 25.4 Å². The molecule has 1 aromatic heterocycles. The molecule has 0 aliphatic carbocycles. The van der Waals surface area contributed by atoms with E-state index in [9.17, 15) is 13.2 Å². The fourth-order valence-corrected chi connectivity index (χ4v) is 2.70. The first-order valence-corrected chi connectivity index (χ1v) is 6.90. The van der Waals surface area contributed by atoms with Gasteiger partial charge < -0.3 is 5.32 Å². The SMILES string of the molecule is FC(F)(F)c1ccncc1Cc1ccc2c(c1)CCCN2. The van der Waals surface area contributed by atoms with E-state index in [2.05, 4.69) is 10.3 Å². The average Bonchev–Trinajstić information content (AvgIpc) is 2.46. The maximum Gasteiger partial charge on any atom is 0.416 e. The highest BCUT2D eigenvalue weighted by Crippen LogP contribution is 2.33. The van der Waals surface area contributed by atoms with Gasteiger partial charge in [0.1, 0.15) is 0 Å². The second kappa shape index (κ2) is 5.39. The van der Waals surface area contributed by atoms with Gasteiger partial charge in [-0.3, -0.25) is 4.98 Å². The summed E-state index contributed by atoms with van der Waals surface area (Å²) in [6.07, 6.45) is 0.417. The number of benzene rings is 1. The first-order chi connectivity index (χ1) is 10.0. The largest absolute Gasteiger partial charge is 0.416 e. The van der Waals surface area contributed by atoms with Crippen LogP contribution < -0.4 is 5.32 Å². The lowest BCUT2D eigenvalue weighted by molar-refractivity contribution is -0.138. The molecule has 5 heteroatoms. The number of nitrogens with one attached hydrogen (secondary N) is 1. The number of hydrogen-bond donors (Lipinski definition) is 1. The third-order valence-electron chi connectivity index (χ3n) is 3.71. The lowest BCUT2D eigenvalue weighted by atomic mass is 9.96.